The Balaban J connectivity index is 1.62. The monoisotopic (exact) mass is 445 g/mol. The molecule has 5 rings (SSSR count). The van der Waals surface area contributed by atoms with Gasteiger partial charge in [-0.1, -0.05) is 48.0 Å². The van der Waals surface area contributed by atoms with Gasteiger partial charge in [0, 0.05) is 16.4 Å². The lowest BCUT2D eigenvalue weighted by Gasteiger charge is -2.15. The fourth-order valence-corrected chi connectivity index (χ4v) is 5.32. The first kappa shape index (κ1) is 20.5. The number of anilines is 1. The number of rotatable bonds is 5. The molecule has 1 amide bonds. The highest BCUT2D eigenvalue weighted by atomic mass is 32.2. The zero-order valence-corrected chi connectivity index (χ0v) is 18.7. The summed E-state index contributed by atoms with van der Waals surface area (Å²) in [5.74, 6) is 1.60. The third-order valence-electron chi connectivity index (χ3n) is 5.60. The summed E-state index contributed by atoms with van der Waals surface area (Å²) in [7, 11) is -1.01. The van der Waals surface area contributed by atoms with Crippen LogP contribution in [0.15, 0.2) is 60.7 Å². The van der Waals surface area contributed by atoms with Gasteiger partial charge in [0.05, 0.1) is 35.1 Å². The predicted octanol–water partition coefficient (Wildman–Crippen LogP) is 4.75. The maximum absolute atomic E-state index is 13.6. The van der Waals surface area contributed by atoms with Gasteiger partial charge < -0.3 is 10.1 Å². The van der Waals surface area contributed by atoms with Gasteiger partial charge in [0.15, 0.2) is 0 Å². The summed E-state index contributed by atoms with van der Waals surface area (Å²) < 4.78 is 19.7. The van der Waals surface area contributed by atoms with E-state index in [2.05, 4.69) is 10.4 Å². The molecule has 0 spiro atoms. The van der Waals surface area contributed by atoms with E-state index in [4.69, 9.17) is 4.74 Å². The second kappa shape index (κ2) is 8.24. The average Bonchev–Trinajstić information content (AvgIpc) is 3.31. The highest BCUT2D eigenvalue weighted by Gasteiger charge is 2.29. The zero-order valence-electron chi connectivity index (χ0n) is 17.9. The van der Waals surface area contributed by atoms with Crippen LogP contribution in [-0.4, -0.2) is 26.5 Å². The van der Waals surface area contributed by atoms with E-state index < -0.39 is 10.8 Å². The minimum atomic E-state index is -1.01. The van der Waals surface area contributed by atoms with Crippen molar-refractivity contribution in [2.24, 2.45) is 0 Å². The van der Waals surface area contributed by atoms with Crippen molar-refractivity contribution in [3.8, 4) is 11.4 Å². The molecule has 1 aromatic heterocycles. The van der Waals surface area contributed by atoms with Crippen molar-refractivity contribution >= 4 is 33.3 Å². The maximum atomic E-state index is 13.6. The Morgan fingerprint density at radius 2 is 1.88 bits per heavy atom. The van der Waals surface area contributed by atoms with Crippen LogP contribution in [0, 0.1) is 6.92 Å². The van der Waals surface area contributed by atoms with Gasteiger partial charge in [0.2, 0.25) is 0 Å². The number of hydrogen-bond donors (Lipinski definition) is 1. The van der Waals surface area contributed by atoms with E-state index in [1.165, 1.54) is 0 Å². The number of amides is 1. The fourth-order valence-electron chi connectivity index (χ4n) is 4.06. The minimum absolute atomic E-state index is 0.279. The zero-order chi connectivity index (χ0) is 22.2. The second-order valence-corrected chi connectivity index (χ2v) is 9.25. The SMILES string of the molecule is CCOc1ccc2ccccc2c1C(=O)Nc1c2c(nn1-c1ccc(C)cc1)C[S@](=O)C2. The number of benzene rings is 3. The molecule has 0 bridgehead atoms. The number of aryl methyl sites for hydroxylation is 1. The average molecular weight is 446 g/mol. The Labute approximate surface area is 188 Å². The summed E-state index contributed by atoms with van der Waals surface area (Å²) in [6, 6.07) is 19.5. The standard InChI is InChI=1S/C25H23N3O3S/c1-3-31-22-13-10-17-6-4-5-7-19(17)23(22)25(29)26-24-20-14-32(30)15-21(20)27-28(24)18-11-8-16(2)9-12-18/h4-13H,3,14-15H2,1-2H3,(H,26,29)/t32-/m1/s1. The van der Waals surface area contributed by atoms with Crippen LogP contribution in [0.1, 0.15) is 34.1 Å². The van der Waals surface area contributed by atoms with Gasteiger partial charge in [0.25, 0.3) is 5.91 Å². The molecule has 162 valence electrons. The van der Waals surface area contributed by atoms with Crippen LogP contribution in [0.2, 0.25) is 0 Å². The van der Waals surface area contributed by atoms with E-state index in [0.717, 1.165) is 33.3 Å². The number of carbonyl (C=O) groups excluding carboxylic acids is 1. The molecule has 0 saturated heterocycles. The molecular formula is C25H23N3O3S. The molecule has 0 unspecified atom stereocenters. The van der Waals surface area contributed by atoms with E-state index in [1.54, 1.807) is 4.68 Å². The van der Waals surface area contributed by atoms with Crippen LogP contribution in [0.3, 0.4) is 0 Å². The summed E-state index contributed by atoms with van der Waals surface area (Å²) in [6.45, 7) is 4.37. The van der Waals surface area contributed by atoms with Crippen LogP contribution >= 0.6 is 0 Å². The maximum Gasteiger partial charge on any atom is 0.261 e. The van der Waals surface area contributed by atoms with Crippen molar-refractivity contribution < 1.29 is 13.7 Å². The highest BCUT2D eigenvalue weighted by molar-refractivity contribution is 7.83. The predicted molar refractivity (Wildman–Crippen MR) is 127 cm³/mol. The van der Waals surface area contributed by atoms with Crippen LogP contribution in [0.5, 0.6) is 5.75 Å². The van der Waals surface area contributed by atoms with Crippen molar-refractivity contribution in [1.29, 1.82) is 0 Å². The fraction of sp³-hybridized carbons (Fsp3) is 0.200. The van der Waals surface area contributed by atoms with E-state index in [-0.39, 0.29) is 5.91 Å². The van der Waals surface area contributed by atoms with Gasteiger partial charge >= 0.3 is 0 Å². The molecule has 0 radical (unpaired) electrons. The molecule has 32 heavy (non-hydrogen) atoms. The molecule has 0 aliphatic carbocycles. The third kappa shape index (κ3) is 3.58. The minimum Gasteiger partial charge on any atom is -0.493 e. The number of ether oxygens (including phenoxy) is 1. The number of hydrogen-bond acceptors (Lipinski definition) is 4. The second-order valence-electron chi connectivity index (χ2n) is 7.80. The Morgan fingerprint density at radius 1 is 1.09 bits per heavy atom. The number of nitrogens with zero attached hydrogens (tertiary/aromatic N) is 2. The van der Waals surface area contributed by atoms with Crippen LogP contribution < -0.4 is 10.1 Å². The smallest absolute Gasteiger partial charge is 0.261 e. The van der Waals surface area contributed by atoms with Crippen molar-refractivity contribution in [2.45, 2.75) is 25.4 Å². The van der Waals surface area contributed by atoms with Gasteiger partial charge in [-0.3, -0.25) is 9.00 Å². The number of aromatic nitrogens is 2. The van der Waals surface area contributed by atoms with E-state index in [9.17, 15) is 9.00 Å². The summed E-state index contributed by atoms with van der Waals surface area (Å²) in [6.07, 6.45) is 0. The molecule has 3 aromatic carbocycles. The summed E-state index contributed by atoms with van der Waals surface area (Å²) in [4.78, 5) is 13.6. The van der Waals surface area contributed by atoms with Gasteiger partial charge in [0.1, 0.15) is 11.6 Å². The summed E-state index contributed by atoms with van der Waals surface area (Å²) in [5.41, 5.74) is 4.05. The van der Waals surface area contributed by atoms with Crippen molar-refractivity contribution in [3.05, 3.63) is 83.0 Å². The van der Waals surface area contributed by atoms with Gasteiger partial charge in [-0.15, -0.1) is 0 Å². The lowest BCUT2D eigenvalue weighted by atomic mass is 10.0. The molecule has 0 fully saturated rings. The molecule has 7 heteroatoms. The molecule has 1 aliphatic heterocycles. The number of carbonyl (C=O) groups is 1. The third-order valence-corrected chi connectivity index (χ3v) is 6.80. The molecule has 6 nitrogen and oxygen atoms in total. The van der Waals surface area contributed by atoms with Crippen molar-refractivity contribution in [2.75, 3.05) is 11.9 Å². The Kier molecular flexibility index (Phi) is 5.27. The van der Waals surface area contributed by atoms with Crippen molar-refractivity contribution in [1.82, 2.24) is 9.78 Å². The first-order valence-corrected chi connectivity index (χ1v) is 12.0. The molecule has 0 saturated carbocycles. The van der Waals surface area contributed by atoms with E-state index >= 15 is 0 Å². The van der Waals surface area contributed by atoms with Gasteiger partial charge in [-0.2, -0.15) is 5.10 Å². The van der Waals surface area contributed by atoms with Crippen LogP contribution in [-0.2, 0) is 22.3 Å². The normalized spacial score (nSPS) is 15.0. The quantitative estimate of drug-likeness (QED) is 0.481. The first-order valence-electron chi connectivity index (χ1n) is 10.5. The topological polar surface area (TPSA) is 73.2 Å². The lowest BCUT2D eigenvalue weighted by Crippen LogP contribution is -2.18. The molecule has 2 heterocycles. The Bertz CT molecular complexity index is 1360. The molecule has 1 atom stereocenters. The Morgan fingerprint density at radius 3 is 2.66 bits per heavy atom. The number of fused-ring (bicyclic) bond motifs is 2. The largest absolute Gasteiger partial charge is 0.493 e. The van der Waals surface area contributed by atoms with Gasteiger partial charge in [-0.25, -0.2) is 4.68 Å². The molecular weight excluding hydrogens is 422 g/mol. The van der Waals surface area contributed by atoms with Gasteiger partial charge in [-0.05, 0) is 42.8 Å². The highest BCUT2D eigenvalue weighted by Crippen LogP contribution is 2.34. The summed E-state index contributed by atoms with van der Waals surface area (Å²) >= 11 is 0. The molecule has 1 aliphatic rings. The van der Waals surface area contributed by atoms with E-state index in [1.807, 2.05) is 74.5 Å². The first-order chi connectivity index (χ1) is 15.5. The molecule has 1 N–H and O–H groups in total. The van der Waals surface area contributed by atoms with E-state index in [0.29, 0.717) is 35.2 Å². The van der Waals surface area contributed by atoms with Crippen molar-refractivity contribution in [3.63, 3.8) is 0 Å². The van der Waals surface area contributed by atoms with Crippen LogP contribution in [0.25, 0.3) is 16.5 Å². The summed E-state index contributed by atoms with van der Waals surface area (Å²) in [5, 5.41) is 9.54. The Hall–Kier alpha value is -3.45. The van der Waals surface area contributed by atoms with Crippen LogP contribution in [0.4, 0.5) is 5.82 Å². The lowest BCUT2D eigenvalue weighted by molar-refractivity contribution is 0.102. The molecule has 4 aromatic rings. The number of nitrogens with one attached hydrogen (secondary N) is 1.